The van der Waals surface area contributed by atoms with Crippen molar-refractivity contribution in [3.05, 3.63) is 12.2 Å². The third-order valence-electron chi connectivity index (χ3n) is 5.84. The first-order valence-corrected chi connectivity index (χ1v) is 10.6. The Kier molecular flexibility index (Phi) is 10.9. The Labute approximate surface area is 146 Å². The first-order valence-electron chi connectivity index (χ1n) is 10.6. The van der Waals surface area contributed by atoms with Gasteiger partial charge in [-0.05, 0) is 64.0 Å². The van der Waals surface area contributed by atoms with E-state index < -0.39 is 0 Å². The summed E-state index contributed by atoms with van der Waals surface area (Å²) in [4.78, 5) is 2.75. The molecule has 0 radical (unpaired) electrons. The van der Waals surface area contributed by atoms with Gasteiger partial charge in [0, 0.05) is 5.54 Å². The molecule has 0 bridgehead atoms. The van der Waals surface area contributed by atoms with Crippen LogP contribution in [0.2, 0.25) is 0 Å². The van der Waals surface area contributed by atoms with Gasteiger partial charge >= 0.3 is 0 Å². The van der Waals surface area contributed by atoms with Gasteiger partial charge in [-0.15, -0.1) is 0 Å². The summed E-state index contributed by atoms with van der Waals surface area (Å²) < 4.78 is 0. The summed E-state index contributed by atoms with van der Waals surface area (Å²) in [5.41, 5.74) is 0.595. The molecule has 0 N–H and O–H groups in total. The van der Waals surface area contributed by atoms with E-state index in [2.05, 4.69) is 44.7 Å². The van der Waals surface area contributed by atoms with Gasteiger partial charge in [-0.3, -0.25) is 4.90 Å². The van der Waals surface area contributed by atoms with E-state index in [4.69, 9.17) is 0 Å². The van der Waals surface area contributed by atoms with Gasteiger partial charge in [0.15, 0.2) is 0 Å². The lowest BCUT2D eigenvalue weighted by molar-refractivity contribution is 0.165. The van der Waals surface area contributed by atoms with Crippen molar-refractivity contribution < 1.29 is 0 Å². The van der Waals surface area contributed by atoms with Crippen molar-refractivity contribution in [2.24, 2.45) is 5.92 Å². The zero-order valence-corrected chi connectivity index (χ0v) is 16.6. The highest BCUT2D eigenvalue weighted by Gasteiger charge is 2.55. The molecule has 0 aliphatic heterocycles. The molecule has 136 valence electrons. The zero-order valence-electron chi connectivity index (χ0n) is 16.6. The maximum absolute atomic E-state index is 2.75. The fourth-order valence-electron chi connectivity index (χ4n) is 4.45. The summed E-state index contributed by atoms with van der Waals surface area (Å²) >= 11 is 0. The quantitative estimate of drug-likeness (QED) is 0.232. The van der Waals surface area contributed by atoms with Crippen LogP contribution in [0.1, 0.15) is 105 Å². The first-order chi connectivity index (χ1) is 11.2. The minimum atomic E-state index is 0.595. The van der Waals surface area contributed by atoms with E-state index in [1.807, 2.05) is 0 Å². The average Bonchev–Trinajstić information content (AvgIpc) is 3.24. The Bertz CT molecular complexity index is 305. The Morgan fingerprint density at radius 1 is 0.826 bits per heavy atom. The van der Waals surface area contributed by atoms with E-state index in [1.165, 1.54) is 90.1 Å². The minimum Gasteiger partial charge on any atom is -0.298 e. The summed E-state index contributed by atoms with van der Waals surface area (Å²) in [6.45, 7) is 11.8. The molecule has 1 rings (SSSR count). The molecule has 1 heteroatoms. The summed E-state index contributed by atoms with van der Waals surface area (Å²) in [6, 6.07) is 0. The van der Waals surface area contributed by atoms with Gasteiger partial charge in [-0.2, -0.15) is 0 Å². The van der Waals surface area contributed by atoms with Crippen molar-refractivity contribution in [3.63, 3.8) is 0 Å². The van der Waals surface area contributed by atoms with Crippen LogP contribution in [0, 0.1) is 5.92 Å². The van der Waals surface area contributed by atoms with Crippen LogP contribution in [0.4, 0.5) is 0 Å². The number of unbranched alkanes of at least 4 members (excludes halogenated alkanes) is 6. The summed E-state index contributed by atoms with van der Waals surface area (Å²) in [5, 5.41) is 0. The topological polar surface area (TPSA) is 3.24 Å². The van der Waals surface area contributed by atoms with Crippen LogP contribution in [-0.2, 0) is 0 Å². The highest BCUT2D eigenvalue weighted by atomic mass is 15.2. The van der Waals surface area contributed by atoms with Crippen LogP contribution >= 0.6 is 0 Å². The van der Waals surface area contributed by atoms with Gasteiger partial charge < -0.3 is 0 Å². The standard InChI is InChI=1S/C22H43N/c1-5-9-10-11-12-13-14-15-16-17-18-21-20-22(21,19-6-2)23(7-3)8-4/h12-13,21H,5-11,14-20H2,1-4H3/b13-12+/t21-,22+/m0/s1. The predicted molar refractivity (Wildman–Crippen MR) is 105 cm³/mol. The Morgan fingerprint density at radius 2 is 1.48 bits per heavy atom. The number of rotatable bonds is 15. The maximum Gasteiger partial charge on any atom is 0.0241 e. The van der Waals surface area contributed by atoms with E-state index in [9.17, 15) is 0 Å². The molecule has 0 aromatic rings. The predicted octanol–water partition coefficient (Wildman–Crippen LogP) is 6.97. The molecule has 23 heavy (non-hydrogen) atoms. The number of hydrogen-bond donors (Lipinski definition) is 0. The largest absolute Gasteiger partial charge is 0.298 e. The van der Waals surface area contributed by atoms with Crippen LogP contribution in [0.15, 0.2) is 12.2 Å². The zero-order chi connectivity index (χ0) is 17.0. The molecule has 1 aliphatic rings. The maximum atomic E-state index is 2.75. The first kappa shape index (κ1) is 20.7. The lowest BCUT2D eigenvalue weighted by Crippen LogP contribution is -2.38. The minimum absolute atomic E-state index is 0.595. The normalized spacial score (nSPS) is 24.0. The molecule has 0 aromatic heterocycles. The van der Waals surface area contributed by atoms with Gasteiger partial charge in [-0.1, -0.05) is 72.0 Å². The van der Waals surface area contributed by atoms with Crippen molar-refractivity contribution in [2.45, 2.75) is 110 Å². The summed E-state index contributed by atoms with van der Waals surface area (Å²) in [5.74, 6) is 0.993. The fraction of sp³-hybridized carbons (Fsp3) is 0.909. The SMILES string of the molecule is CCCCC/C=C/CCCCC[C@H]1C[C@@]1(CCC)N(CC)CC. The third-order valence-corrected chi connectivity index (χ3v) is 5.84. The highest BCUT2D eigenvalue weighted by Crippen LogP contribution is 2.54. The van der Waals surface area contributed by atoms with E-state index >= 15 is 0 Å². The van der Waals surface area contributed by atoms with Crippen LogP contribution in [0.5, 0.6) is 0 Å². The summed E-state index contributed by atoms with van der Waals surface area (Å²) in [7, 11) is 0. The Morgan fingerprint density at radius 3 is 2.04 bits per heavy atom. The molecule has 2 atom stereocenters. The van der Waals surface area contributed by atoms with E-state index in [0.717, 1.165) is 5.92 Å². The Balaban J connectivity index is 2.10. The van der Waals surface area contributed by atoms with E-state index in [1.54, 1.807) is 0 Å². The Hall–Kier alpha value is -0.300. The fourth-order valence-corrected chi connectivity index (χ4v) is 4.45. The van der Waals surface area contributed by atoms with Crippen molar-refractivity contribution in [1.82, 2.24) is 4.90 Å². The van der Waals surface area contributed by atoms with Crippen LogP contribution in [0.3, 0.4) is 0 Å². The molecule has 0 heterocycles. The van der Waals surface area contributed by atoms with Crippen molar-refractivity contribution in [1.29, 1.82) is 0 Å². The molecule has 1 fully saturated rings. The van der Waals surface area contributed by atoms with Crippen LogP contribution < -0.4 is 0 Å². The molecule has 1 nitrogen and oxygen atoms in total. The van der Waals surface area contributed by atoms with Gasteiger partial charge in [0.1, 0.15) is 0 Å². The number of hydrogen-bond acceptors (Lipinski definition) is 1. The highest BCUT2D eigenvalue weighted by molar-refractivity contribution is 5.10. The lowest BCUT2D eigenvalue weighted by atomic mass is 10.0. The molecule has 1 saturated carbocycles. The number of allylic oxidation sites excluding steroid dienone is 2. The van der Waals surface area contributed by atoms with Crippen molar-refractivity contribution in [2.75, 3.05) is 13.1 Å². The molecular formula is C22H43N. The van der Waals surface area contributed by atoms with Crippen LogP contribution in [-0.4, -0.2) is 23.5 Å². The summed E-state index contributed by atoms with van der Waals surface area (Å²) in [6.07, 6.45) is 21.5. The molecular weight excluding hydrogens is 278 g/mol. The second-order valence-electron chi connectivity index (χ2n) is 7.53. The van der Waals surface area contributed by atoms with Crippen LogP contribution in [0.25, 0.3) is 0 Å². The third kappa shape index (κ3) is 6.99. The molecule has 0 saturated heterocycles. The average molecular weight is 322 g/mol. The second-order valence-corrected chi connectivity index (χ2v) is 7.53. The second kappa shape index (κ2) is 12.1. The molecule has 1 aliphatic carbocycles. The van der Waals surface area contributed by atoms with Gasteiger partial charge in [0.2, 0.25) is 0 Å². The van der Waals surface area contributed by atoms with Gasteiger partial charge in [0.05, 0.1) is 0 Å². The van der Waals surface area contributed by atoms with Gasteiger partial charge in [0.25, 0.3) is 0 Å². The molecule has 0 aromatic carbocycles. The molecule has 0 amide bonds. The smallest absolute Gasteiger partial charge is 0.0241 e. The van der Waals surface area contributed by atoms with Crippen molar-refractivity contribution >= 4 is 0 Å². The van der Waals surface area contributed by atoms with E-state index in [0.29, 0.717) is 5.54 Å². The van der Waals surface area contributed by atoms with Gasteiger partial charge in [-0.25, -0.2) is 0 Å². The monoisotopic (exact) mass is 321 g/mol. The number of nitrogens with zero attached hydrogens (tertiary/aromatic N) is 1. The molecule has 0 unspecified atom stereocenters. The molecule has 0 spiro atoms. The lowest BCUT2D eigenvalue weighted by Gasteiger charge is -2.31. The van der Waals surface area contributed by atoms with E-state index in [-0.39, 0.29) is 0 Å². The van der Waals surface area contributed by atoms with Crippen molar-refractivity contribution in [3.8, 4) is 0 Å².